The van der Waals surface area contributed by atoms with Gasteiger partial charge in [0.1, 0.15) is 11.6 Å². The number of nitrogens with zero attached hydrogens (tertiary/aromatic N) is 3. The number of carbonyl (C=O) groups excluding carboxylic acids is 1. The highest BCUT2D eigenvalue weighted by Crippen LogP contribution is 2.36. The topological polar surface area (TPSA) is 65.7 Å². The van der Waals surface area contributed by atoms with Gasteiger partial charge >= 0.3 is 0 Å². The summed E-state index contributed by atoms with van der Waals surface area (Å²) in [5, 5.41) is 9.28. The van der Waals surface area contributed by atoms with Gasteiger partial charge in [0.2, 0.25) is 0 Å². The van der Waals surface area contributed by atoms with Crippen LogP contribution < -0.4 is 4.74 Å². The number of hydrogen-bond acceptors (Lipinski definition) is 4. The second-order valence-electron chi connectivity index (χ2n) is 8.41. The van der Waals surface area contributed by atoms with Gasteiger partial charge in [-0.1, -0.05) is 30.3 Å². The molecule has 6 heteroatoms. The van der Waals surface area contributed by atoms with Gasteiger partial charge in [-0.2, -0.15) is 5.26 Å². The molecule has 5 rings (SSSR count). The predicted molar refractivity (Wildman–Crippen MR) is 124 cm³/mol. The molecule has 0 N–H and O–H groups in total. The molecule has 1 heterocycles. The highest BCUT2D eigenvalue weighted by molar-refractivity contribution is 5.95. The lowest BCUT2D eigenvalue weighted by Crippen LogP contribution is -2.27. The first-order chi connectivity index (χ1) is 16.0. The first-order valence-corrected chi connectivity index (χ1v) is 10.9. The minimum atomic E-state index is -0.493. The number of fused-ring (bicyclic) bond motifs is 1. The third-order valence-corrected chi connectivity index (χ3v) is 6.00. The maximum Gasteiger partial charge on any atom is 0.254 e. The van der Waals surface area contributed by atoms with Gasteiger partial charge in [-0.3, -0.25) is 9.79 Å². The summed E-state index contributed by atoms with van der Waals surface area (Å²) in [5.74, 6) is -0.0406. The zero-order valence-electron chi connectivity index (χ0n) is 18.2. The number of carbonyl (C=O) groups is 1. The Morgan fingerprint density at radius 2 is 2.00 bits per heavy atom. The Labute approximate surface area is 191 Å². The average molecular weight is 439 g/mol. The van der Waals surface area contributed by atoms with Crippen molar-refractivity contribution in [1.29, 1.82) is 5.26 Å². The fourth-order valence-corrected chi connectivity index (χ4v) is 4.08. The fourth-order valence-electron chi connectivity index (χ4n) is 4.08. The lowest BCUT2D eigenvalue weighted by Gasteiger charge is -2.21. The molecule has 2 aliphatic rings. The molecule has 5 nitrogen and oxygen atoms in total. The number of benzene rings is 3. The van der Waals surface area contributed by atoms with Crippen LogP contribution in [-0.4, -0.2) is 30.2 Å². The summed E-state index contributed by atoms with van der Waals surface area (Å²) >= 11 is 0. The van der Waals surface area contributed by atoms with Crippen molar-refractivity contribution in [3.8, 4) is 22.9 Å². The van der Waals surface area contributed by atoms with E-state index in [-0.39, 0.29) is 24.1 Å². The Balaban J connectivity index is 1.43. The molecular formula is C27H22FN3O2. The maximum atomic E-state index is 14.8. The van der Waals surface area contributed by atoms with E-state index in [2.05, 4.69) is 4.99 Å². The lowest BCUT2D eigenvalue weighted by atomic mass is 9.97. The van der Waals surface area contributed by atoms with Crippen molar-refractivity contribution in [1.82, 2.24) is 4.90 Å². The molecule has 1 fully saturated rings. The number of hydrogen-bond donors (Lipinski definition) is 0. The van der Waals surface area contributed by atoms with Gasteiger partial charge in [0.25, 0.3) is 5.91 Å². The van der Waals surface area contributed by atoms with E-state index >= 15 is 0 Å². The van der Waals surface area contributed by atoms with Crippen LogP contribution in [0.1, 0.15) is 45.5 Å². The van der Waals surface area contributed by atoms with Crippen LogP contribution in [0.15, 0.2) is 59.6 Å². The van der Waals surface area contributed by atoms with Gasteiger partial charge in [-0.15, -0.1) is 0 Å². The number of ether oxygens (including phenoxy) is 1. The van der Waals surface area contributed by atoms with E-state index in [1.807, 2.05) is 42.5 Å². The van der Waals surface area contributed by atoms with Crippen LogP contribution in [-0.2, 0) is 13.1 Å². The molecule has 1 aliphatic carbocycles. The second-order valence-corrected chi connectivity index (χ2v) is 8.41. The van der Waals surface area contributed by atoms with Gasteiger partial charge in [0.05, 0.1) is 24.3 Å². The largest absolute Gasteiger partial charge is 0.490 e. The molecule has 1 saturated carbocycles. The number of rotatable bonds is 6. The Morgan fingerprint density at radius 3 is 2.73 bits per heavy atom. The normalized spacial score (nSPS) is 14.0. The van der Waals surface area contributed by atoms with Crippen molar-refractivity contribution in [2.45, 2.75) is 32.0 Å². The van der Waals surface area contributed by atoms with Gasteiger partial charge in [0, 0.05) is 42.1 Å². The van der Waals surface area contributed by atoms with Gasteiger partial charge < -0.3 is 9.64 Å². The summed E-state index contributed by atoms with van der Waals surface area (Å²) in [7, 11) is 1.65. The number of nitriles is 1. The number of amides is 1. The molecule has 3 aromatic carbocycles. The van der Waals surface area contributed by atoms with Crippen LogP contribution >= 0.6 is 0 Å². The number of halogens is 1. The van der Waals surface area contributed by atoms with E-state index in [1.165, 1.54) is 11.0 Å². The molecule has 0 radical (unpaired) electrons. The highest BCUT2D eigenvalue weighted by Gasteiger charge is 2.26. The zero-order chi connectivity index (χ0) is 22.9. The lowest BCUT2D eigenvalue weighted by molar-refractivity contribution is 0.0783. The number of aliphatic imine (C=N–C) groups is 1. The first kappa shape index (κ1) is 20.9. The van der Waals surface area contributed by atoms with E-state index in [1.54, 1.807) is 25.4 Å². The van der Waals surface area contributed by atoms with Crippen molar-refractivity contribution >= 4 is 12.1 Å². The Bertz CT molecular complexity index is 1310. The minimum Gasteiger partial charge on any atom is -0.490 e. The Hall–Kier alpha value is -3.98. The Kier molecular flexibility index (Phi) is 5.39. The first-order valence-electron chi connectivity index (χ1n) is 10.9. The molecule has 0 atom stereocenters. The van der Waals surface area contributed by atoms with Crippen LogP contribution in [0.4, 0.5) is 4.39 Å². The maximum absolute atomic E-state index is 14.8. The fraction of sp³-hybridized carbons (Fsp3) is 0.222. The quantitative estimate of drug-likeness (QED) is 0.536. The van der Waals surface area contributed by atoms with Crippen molar-refractivity contribution in [3.05, 3.63) is 88.2 Å². The molecule has 3 aromatic rings. The van der Waals surface area contributed by atoms with Crippen LogP contribution in [0.3, 0.4) is 0 Å². The second kappa shape index (κ2) is 8.51. The molecule has 164 valence electrons. The van der Waals surface area contributed by atoms with Crippen molar-refractivity contribution in [3.63, 3.8) is 0 Å². The summed E-state index contributed by atoms with van der Waals surface area (Å²) in [4.78, 5) is 18.9. The van der Waals surface area contributed by atoms with E-state index in [0.717, 1.165) is 24.0 Å². The van der Waals surface area contributed by atoms with Crippen LogP contribution in [0.5, 0.6) is 5.75 Å². The molecule has 1 amide bonds. The SMILES string of the molecule is CN(Cc1c(F)cc(C#N)c2c1CN=C2)C(=O)c1ccc(-c2ccccc2)c(OC2CC2)c1. The molecule has 1 aliphatic heterocycles. The van der Waals surface area contributed by atoms with Crippen molar-refractivity contribution < 1.29 is 13.9 Å². The summed E-state index contributed by atoms with van der Waals surface area (Å²) in [6.45, 7) is 0.394. The monoisotopic (exact) mass is 439 g/mol. The molecule has 33 heavy (non-hydrogen) atoms. The van der Waals surface area contributed by atoms with E-state index in [9.17, 15) is 14.4 Å². The van der Waals surface area contributed by atoms with Crippen molar-refractivity contribution in [2.24, 2.45) is 4.99 Å². The van der Waals surface area contributed by atoms with E-state index in [4.69, 9.17) is 4.74 Å². The third kappa shape index (κ3) is 4.10. The summed E-state index contributed by atoms with van der Waals surface area (Å²) in [5.41, 5.74) is 4.42. The van der Waals surface area contributed by atoms with Crippen molar-refractivity contribution in [2.75, 3.05) is 7.05 Å². The van der Waals surface area contributed by atoms with Crippen LogP contribution in [0.2, 0.25) is 0 Å². The molecule has 0 bridgehead atoms. The van der Waals surface area contributed by atoms with Gasteiger partial charge in [0.15, 0.2) is 0 Å². The van der Waals surface area contributed by atoms with Gasteiger partial charge in [-0.05, 0) is 48.2 Å². The minimum absolute atomic E-state index is 0.0846. The predicted octanol–water partition coefficient (Wildman–Crippen LogP) is 5.11. The van der Waals surface area contributed by atoms with E-state index < -0.39 is 5.82 Å². The zero-order valence-corrected chi connectivity index (χ0v) is 18.2. The molecular weight excluding hydrogens is 417 g/mol. The summed E-state index contributed by atoms with van der Waals surface area (Å²) < 4.78 is 20.9. The highest BCUT2D eigenvalue weighted by atomic mass is 19.1. The molecule has 0 unspecified atom stereocenters. The van der Waals surface area contributed by atoms with Crippen LogP contribution in [0.25, 0.3) is 11.1 Å². The third-order valence-electron chi connectivity index (χ3n) is 6.00. The summed E-state index contributed by atoms with van der Waals surface area (Å²) in [6.07, 6.45) is 3.81. The Morgan fingerprint density at radius 1 is 1.21 bits per heavy atom. The molecule has 0 spiro atoms. The average Bonchev–Trinajstić information content (AvgIpc) is 3.52. The molecule has 0 saturated heterocycles. The molecule has 0 aromatic heterocycles. The van der Waals surface area contributed by atoms with Gasteiger partial charge in [-0.25, -0.2) is 4.39 Å². The van der Waals surface area contributed by atoms with Crippen LogP contribution in [0, 0.1) is 17.1 Å². The standard InChI is InChI=1S/C27H22FN3O2/c1-31(16-24-23-15-30-14-22(23)19(13-29)11-25(24)28)27(32)18-7-10-21(17-5-3-2-4-6-17)26(12-18)33-20-8-9-20/h2-7,10-12,14,20H,8-9,15-16H2,1H3. The smallest absolute Gasteiger partial charge is 0.254 e. The van der Waals surface area contributed by atoms with E-state index in [0.29, 0.717) is 34.5 Å². The summed E-state index contributed by atoms with van der Waals surface area (Å²) in [6, 6.07) is 18.6.